The summed E-state index contributed by atoms with van der Waals surface area (Å²) in [6, 6.07) is 3.24. The van der Waals surface area contributed by atoms with E-state index in [1.54, 1.807) is 11.8 Å². The van der Waals surface area contributed by atoms with Gasteiger partial charge in [-0.2, -0.15) is 24.9 Å². The lowest BCUT2D eigenvalue weighted by Gasteiger charge is -2.14. The quantitative estimate of drug-likeness (QED) is 0.763. The Labute approximate surface area is 102 Å². The first kappa shape index (κ1) is 14.2. The van der Waals surface area contributed by atoms with Gasteiger partial charge in [0.05, 0.1) is 0 Å². The summed E-state index contributed by atoms with van der Waals surface area (Å²) in [6.07, 6.45) is -3.91. The lowest BCUT2D eigenvalue weighted by atomic mass is 10.3. The minimum atomic E-state index is -4.47. The van der Waals surface area contributed by atoms with E-state index in [-0.39, 0.29) is 6.54 Å². The molecule has 0 fully saturated rings. The van der Waals surface area contributed by atoms with Crippen molar-refractivity contribution in [1.82, 2.24) is 4.57 Å². The van der Waals surface area contributed by atoms with Crippen molar-refractivity contribution in [3.8, 4) is 0 Å². The summed E-state index contributed by atoms with van der Waals surface area (Å²) < 4.78 is 38.7. The van der Waals surface area contributed by atoms with Crippen LogP contribution < -0.4 is 5.56 Å². The van der Waals surface area contributed by atoms with Crippen LogP contribution in [0.15, 0.2) is 23.0 Å². The van der Waals surface area contributed by atoms with E-state index in [9.17, 15) is 18.0 Å². The highest BCUT2D eigenvalue weighted by molar-refractivity contribution is 7.99. The normalized spacial score (nSPS) is 11.8. The van der Waals surface area contributed by atoms with Gasteiger partial charge < -0.3 is 4.57 Å². The molecule has 0 N–H and O–H groups in total. The Hall–Kier alpha value is -0.910. The minimum Gasteiger partial charge on any atom is -0.304 e. The molecule has 0 saturated heterocycles. The third kappa shape index (κ3) is 4.11. The van der Waals surface area contributed by atoms with Crippen molar-refractivity contribution in [2.75, 3.05) is 11.5 Å². The number of pyridine rings is 1. The number of hydrogen-bond donors (Lipinski definition) is 0. The molecule has 0 aliphatic carbocycles. The smallest absolute Gasteiger partial charge is 0.304 e. The fourth-order valence-corrected chi connectivity index (χ4v) is 2.09. The number of thioether (sulfide) groups is 1. The molecule has 1 aromatic rings. The molecule has 1 rings (SSSR count). The molecule has 0 aromatic carbocycles. The van der Waals surface area contributed by atoms with Gasteiger partial charge in [-0.3, -0.25) is 4.79 Å². The Morgan fingerprint density at radius 3 is 2.65 bits per heavy atom. The molecule has 0 unspecified atom stereocenters. The Morgan fingerprint density at radius 1 is 1.35 bits per heavy atom. The fourth-order valence-electron chi connectivity index (χ4n) is 1.47. The minimum absolute atomic E-state index is 0.113. The fraction of sp³-hybridized carbons (Fsp3) is 0.545. The maximum Gasteiger partial charge on any atom is 0.431 e. The summed E-state index contributed by atoms with van der Waals surface area (Å²) in [5, 5.41) is 0. The van der Waals surface area contributed by atoms with Crippen molar-refractivity contribution in [3.05, 3.63) is 34.2 Å². The summed E-state index contributed by atoms with van der Waals surface area (Å²) >= 11 is 1.65. The Balaban J connectivity index is 2.86. The van der Waals surface area contributed by atoms with Crippen molar-refractivity contribution in [2.45, 2.75) is 26.1 Å². The van der Waals surface area contributed by atoms with E-state index in [1.807, 2.05) is 6.92 Å². The van der Waals surface area contributed by atoms with Gasteiger partial charge in [0.15, 0.2) is 0 Å². The highest BCUT2D eigenvalue weighted by Crippen LogP contribution is 2.28. The molecule has 17 heavy (non-hydrogen) atoms. The van der Waals surface area contributed by atoms with E-state index in [1.165, 1.54) is 0 Å². The molecule has 0 saturated carbocycles. The third-order valence-electron chi connectivity index (χ3n) is 2.21. The van der Waals surface area contributed by atoms with E-state index in [0.717, 1.165) is 34.3 Å². The van der Waals surface area contributed by atoms with Gasteiger partial charge in [0.2, 0.25) is 0 Å². The van der Waals surface area contributed by atoms with Gasteiger partial charge in [0, 0.05) is 12.6 Å². The van der Waals surface area contributed by atoms with Gasteiger partial charge in [-0.1, -0.05) is 13.0 Å². The Kier molecular flexibility index (Phi) is 5.11. The second-order valence-corrected chi connectivity index (χ2v) is 4.84. The summed E-state index contributed by atoms with van der Waals surface area (Å²) in [7, 11) is 0. The van der Waals surface area contributed by atoms with Crippen molar-refractivity contribution < 1.29 is 13.2 Å². The van der Waals surface area contributed by atoms with Gasteiger partial charge >= 0.3 is 6.18 Å². The number of halogens is 3. The molecule has 0 radical (unpaired) electrons. The molecule has 0 atom stereocenters. The maximum atomic E-state index is 12.6. The SMILES string of the molecule is CCSCCCn1c(C(F)(F)F)cccc1=O. The maximum absolute atomic E-state index is 12.6. The van der Waals surface area contributed by atoms with Crippen molar-refractivity contribution in [2.24, 2.45) is 0 Å². The zero-order chi connectivity index (χ0) is 12.9. The second-order valence-electron chi connectivity index (χ2n) is 3.45. The Morgan fingerprint density at radius 2 is 2.06 bits per heavy atom. The monoisotopic (exact) mass is 265 g/mol. The van der Waals surface area contributed by atoms with Crippen LogP contribution in [-0.4, -0.2) is 16.1 Å². The predicted molar refractivity (Wildman–Crippen MR) is 63.3 cm³/mol. The third-order valence-corrected chi connectivity index (χ3v) is 3.20. The topological polar surface area (TPSA) is 22.0 Å². The van der Waals surface area contributed by atoms with Crippen LogP contribution in [0, 0.1) is 0 Å². The second kappa shape index (κ2) is 6.14. The molecule has 1 aromatic heterocycles. The molecular weight excluding hydrogens is 251 g/mol. The molecule has 2 nitrogen and oxygen atoms in total. The van der Waals surface area contributed by atoms with Gasteiger partial charge in [-0.15, -0.1) is 0 Å². The number of rotatable bonds is 5. The van der Waals surface area contributed by atoms with Crippen LogP contribution in [0.3, 0.4) is 0 Å². The highest BCUT2D eigenvalue weighted by atomic mass is 32.2. The largest absolute Gasteiger partial charge is 0.431 e. The lowest BCUT2D eigenvalue weighted by molar-refractivity contribution is -0.144. The van der Waals surface area contributed by atoms with Crippen molar-refractivity contribution in [1.29, 1.82) is 0 Å². The first-order valence-electron chi connectivity index (χ1n) is 5.31. The van der Waals surface area contributed by atoms with E-state index >= 15 is 0 Å². The van der Waals surface area contributed by atoms with Gasteiger partial charge in [-0.25, -0.2) is 0 Å². The summed E-state index contributed by atoms with van der Waals surface area (Å²) in [5.74, 6) is 1.69. The lowest BCUT2D eigenvalue weighted by Crippen LogP contribution is -2.27. The van der Waals surface area contributed by atoms with Crippen LogP contribution in [-0.2, 0) is 12.7 Å². The summed E-state index contributed by atoms with van der Waals surface area (Å²) in [4.78, 5) is 11.4. The number of alkyl halides is 3. The summed E-state index contributed by atoms with van der Waals surface area (Å²) in [6.45, 7) is 2.10. The van der Waals surface area contributed by atoms with E-state index < -0.39 is 17.4 Å². The van der Waals surface area contributed by atoms with Crippen LogP contribution in [0.2, 0.25) is 0 Å². The van der Waals surface area contributed by atoms with Gasteiger partial charge in [-0.05, 0) is 24.0 Å². The highest BCUT2D eigenvalue weighted by Gasteiger charge is 2.33. The van der Waals surface area contributed by atoms with Crippen LogP contribution >= 0.6 is 11.8 Å². The molecule has 0 spiro atoms. The standard InChI is InChI=1S/C11H14F3NOS/c1-2-17-8-4-7-15-9(11(12,13)14)5-3-6-10(15)16/h3,5-6H,2,4,7-8H2,1H3. The average molecular weight is 265 g/mol. The average Bonchev–Trinajstić information content (AvgIpc) is 2.24. The molecule has 0 amide bonds. The molecule has 0 aliphatic heterocycles. The summed E-state index contributed by atoms with van der Waals surface area (Å²) in [5.41, 5.74) is -1.46. The van der Waals surface area contributed by atoms with Crippen LogP contribution in [0.1, 0.15) is 19.0 Å². The molecule has 0 aliphatic rings. The van der Waals surface area contributed by atoms with Gasteiger partial charge in [0.25, 0.3) is 5.56 Å². The number of hydrogen-bond acceptors (Lipinski definition) is 2. The van der Waals surface area contributed by atoms with Crippen LogP contribution in [0.5, 0.6) is 0 Å². The zero-order valence-electron chi connectivity index (χ0n) is 9.46. The predicted octanol–water partition coefficient (Wildman–Crippen LogP) is 3.01. The van der Waals surface area contributed by atoms with Crippen LogP contribution in [0.25, 0.3) is 0 Å². The van der Waals surface area contributed by atoms with Crippen LogP contribution in [0.4, 0.5) is 13.2 Å². The number of aromatic nitrogens is 1. The van der Waals surface area contributed by atoms with Crippen molar-refractivity contribution in [3.63, 3.8) is 0 Å². The zero-order valence-corrected chi connectivity index (χ0v) is 10.3. The first-order chi connectivity index (χ1) is 7.96. The van der Waals surface area contributed by atoms with E-state index in [4.69, 9.17) is 0 Å². The molecule has 1 heterocycles. The Bertz CT molecular complexity index is 414. The molecule has 96 valence electrons. The first-order valence-corrected chi connectivity index (χ1v) is 6.47. The molecule has 0 bridgehead atoms. The molecule has 6 heteroatoms. The van der Waals surface area contributed by atoms with Gasteiger partial charge in [0.1, 0.15) is 5.69 Å². The van der Waals surface area contributed by atoms with Crippen molar-refractivity contribution >= 4 is 11.8 Å². The molecular formula is C11H14F3NOS. The number of nitrogens with zero attached hydrogens (tertiary/aromatic N) is 1. The van der Waals surface area contributed by atoms with E-state index in [0.29, 0.717) is 6.42 Å². The van der Waals surface area contributed by atoms with E-state index in [2.05, 4.69) is 0 Å².